The van der Waals surface area contributed by atoms with Gasteiger partial charge in [0.2, 0.25) is 0 Å². The summed E-state index contributed by atoms with van der Waals surface area (Å²) in [6.45, 7) is 1.89. The van der Waals surface area contributed by atoms with Crippen LogP contribution in [0.2, 0.25) is 0 Å². The third-order valence-electron chi connectivity index (χ3n) is 4.47. The summed E-state index contributed by atoms with van der Waals surface area (Å²) in [5, 5.41) is 13.6. The van der Waals surface area contributed by atoms with Crippen LogP contribution in [0.3, 0.4) is 0 Å². The SMILES string of the molecule is Cc1ccc2nc(-c3ccccc3F)c(NC(=O)c3ccc([N+](=O)[O-])cc3)n2c1. The van der Waals surface area contributed by atoms with Crippen LogP contribution in [0.1, 0.15) is 15.9 Å². The summed E-state index contributed by atoms with van der Waals surface area (Å²) in [6, 6.07) is 15.1. The molecule has 0 saturated heterocycles. The van der Waals surface area contributed by atoms with Gasteiger partial charge in [0, 0.05) is 29.5 Å². The van der Waals surface area contributed by atoms with Gasteiger partial charge in [-0.15, -0.1) is 0 Å². The first-order chi connectivity index (χ1) is 13.9. The number of anilines is 1. The Morgan fingerprint density at radius 3 is 2.52 bits per heavy atom. The van der Waals surface area contributed by atoms with E-state index in [1.165, 1.54) is 30.3 Å². The topological polar surface area (TPSA) is 89.5 Å². The predicted octanol–water partition coefficient (Wildman–Crippen LogP) is 4.61. The Kier molecular flexibility index (Phi) is 4.52. The maximum atomic E-state index is 14.4. The zero-order chi connectivity index (χ0) is 20.5. The molecule has 4 rings (SSSR count). The van der Waals surface area contributed by atoms with Gasteiger partial charge in [0.05, 0.1) is 4.92 Å². The number of carbonyl (C=O) groups is 1. The van der Waals surface area contributed by atoms with E-state index in [1.807, 2.05) is 13.0 Å². The number of hydrogen-bond donors (Lipinski definition) is 1. The minimum atomic E-state index is -0.536. The molecule has 144 valence electrons. The van der Waals surface area contributed by atoms with Gasteiger partial charge < -0.3 is 5.32 Å². The van der Waals surface area contributed by atoms with Crippen LogP contribution < -0.4 is 5.32 Å². The average Bonchev–Trinajstić information content (AvgIpc) is 3.05. The van der Waals surface area contributed by atoms with Crippen molar-refractivity contribution in [1.29, 1.82) is 0 Å². The van der Waals surface area contributed by atoms with Crippen LogP contribution >= 0.6 is 0 Å². The number of nitrogens with zero attached hydrogens (tertiary/aromatic N) is 3. The largest absolute Gasteiger partial charge is 0.306 e. The number of aryl methyl sites for hydroxylation is 1. The van der Waals surface area contributed by atoms with Crippen molar-refractivity contribution < 1.29 is 14.1 Å². The number of imidazole rings is 1. The van der Waals surface area contributed by atoms with E-state index in [1.54, 1.807) is 34.9 Å². The Morgan fingerprint density at radius 2 is 1.83 bits per heavy atom. The molecule has 1 amide bonds. The quantitative estimate of drug-likeness (QED) is 0.407. The number of hydrogen-bond acceptors (Lipinski definition) is 4. The van der Waals surface area contributed by atoms with Crippen molar-refractivity contribution in [3.63, 3.8) is 0 Å². The molecule has 2 aromatic heterocycles. The number of non-ortho nitro benzene ring substituents is 1. The molecule has 0 atom stereocenters. The molecule has 2 heterocycles. The molecule has 8 heteroatoms. The number of pyridine rings is 1. The zero-order valence-electron chi connectivity index (χ0n) is 15.3. The fourth-order valence-corrected chi connectivity index (χ4v) is 3.03. The summed E-state index contributed by atoms with van der Waals surface area (Å²) < 4.78 is 16.1. The van der Waals surface area contributed by atoms with Crippen LogP contribution in [0.4, 0.5) is 15.9 Å². The molecule has 0 unspecified atom stereocenters. The predicted molar refractivity (Wildman–Crippen MR) is 106 cm³/mol. The molecule has 1 N–H and O–H groups in total. The number of rotatable bonds is 4. The highest BCUT2D eigenvalue weighted by atomic mass is 19.1. The van der Waals surface area contributed by atoms with Crippen LogP contribution in [-0.4, -0.2) is 20.2 Å². The maximum absolute atomic E-state index is 14.4. The number of halogens is 1. The second-order valence-corrected chi connectivity index (χ2v) is 6.48. The van der Waals surface area contributed by atoms with Gasteiger partial charge in [-0.1, -0.05) is 18.2 Å². The Morgan fingerprint density at radius 1 is 1.10 bits per heavy atom. The van der Waals surface area contributed by atoms with E-state index in [9.17, 15) is 19.3 Å². The van der Waals surface area contributed by atoms with Gasteiger partial charge in [0.1, 0.15) is 23.0 Å². The summed E-state index contributed by atoms with van der Waals surface area (Å²) in [5.74, 6) is -0.628. The van der Waals surface area contributed by atoms with Crippen LogP contribution in [0.25, 0.3) is 16.9 Å². The van der Waals surface area contributed by atoms with Gasteiger partial charge in [-0.25, -0.2) is 9.37 Å². The number of benzene rings is 2. The average molecular weight is 390 g/mol. The standard InChI is InChI=1S/C21H15FN4O3/c1-13-6-11-18-23-19(16-4-2-3-5-17(16)22)20(25(18)12-13)24-21(27)14-7-9-15(10-8-14)26(28)29/h2-12H,1H3,(H,24,27). The minimum absolute atomic E-state index is 0.112. The molecular weight excluding hydrogens is 375 g/mol. The van der Waals surface area contributed by atoms with E-state index in [2.05, 4.69) is 10.3 Å². The van der Waals surface area contributed by atoms with E-state index in [-0.39, 0.29) is 16.8 Å². The van der Waals surface area contributed by atoms with Crippen LogP contribution in [0.15, 0.2) is 66.9 Å². The molecule has 0 aliphatic rings. The molecule has 2 aromatic carbocycles. The monoisotopic (exact) mass is 390 g/mol. The van der Waals surface area contributed by atoms with Gasteiger partial charge in [0.15, 0.2) is 0 Å². The summed E-state index contributed by atoms with van der Waals surface area (Å²) in [7, 11) is 0. The van der Waals surface area contributed by atoms with E-state index in [0.29, 0.717) is 17.2 Å². The molecule has 4 aromatic rings. The number of nitro groups is 1. The zero-order valence-corrected chi connectivity index (χ0v) is 15.3. The number of carbonyl (C=O) groups excluding carboxylic acids is 1. The Balaban J connectivity index is 1.80. The fourth-order valence-electron chi connectivity index (χ4n) is 3.03. The number of fused-ring (bicyclic) bond motifs is 1. The highest BCUT2D eigenvalue weighted by Gasteiger charge is 2.20. The van der Waals surface area contributed by atoms with Crippen molar-refractivity contribution in [1.82, 2.24) is 9.38 Å². The summed E-state index contributed by atoms with van der Waals surface area (Å²) in [5.41, 5.74) is 2.15. The van der Waals surface area contributed by atoms with Crippen molar-refractivity contribution in [2.24, 2.45) is 0 Å². The van der Waals surface area contributed by atoms with Gasteiger partial charge in [-0.05, 0) is 42.8 Å². The third kappa shape index (κ3) is 3.43. The van der Waals surface area contributed by atoms with E-state index < -0.39 is 16.6 Å². The Labute approximate surface area is 164 Å². The van der Waals surface area contributed by atoms with Crippen LogP contribution in [0, 0.1) is 22.9 Å². The smallest absolute Gasteiger partial charge is 0.269 e. The third-order valence-corrected chi connectivity index (χ3v) is 4.47. The second-order valence-electron chi connectivity index (χ2n) is 6.48. The van der Waals surface area contributed by atoms with Gasteiger partial charge in [-0.3, -0.25) is 19.3 Å². The molecule has 0 spiro atoms. The van der Waals surface area contributed by atoms with Crippen LogP contribution in [-0.2, 0) is 0 Å². The summed E-state index contributed by atoms with van der Waals surface area (Å²) in [4.78, 5) is 27.5. The number of nitro benzene ring substituents is 1. The first kappa shape index (κ1) is 18.3. The van der Waals surface area contributed by atoms with Gasteiger partial charge in [0.25, 0.3) is 11.6 Å². The fraction of sp³-hybridized carbons (Fsp3) is 0.0476. The van der Waals surface area contributed by atoms with Gasteiger partial charge in [-0.2, -0.15) is 0 Å². The van der Waals surface area contributed by atoms with Crippen molar-refractivity contribution in [2.45, 2.75) is 6.92 Å². The van der Waals surface area contributed by atoms with E-state index in [0.717, 1.165) is 5.56 Å². The van der Waals surface area contributed by atoms with Crippen molar-refractivity contribution in [3.8, 4) is 11.3 Å². The van der Waals surface area contributed by atoms with E-state index in [4.69, 9.17) is 0 Å². The maximum Gasteiger partial charge on any atom is 0.269 e. The van der Waals surface area contributed by atoms with E-state index >= 15 is 0 Å². The van der Waals surface area contributed by atoms with Crippen molar-refractivity contribution in [2.75, 3.05) is 5.32 Å². The molecule has 0 radical (unpaired) electrons. The minimum Gasteiger partial charge on any atom is -0.306 e. The molecule has 0 fully saturated rings. The van der Waals surface area contributed by atoms with Crippen molar-refractivity contribution in [3.05, 3.63) is 93.9 Å². The number of amides is 1. The number of aromatic nitrogens is 2. The normalized spacial score (nSPS) is 10.8. The first-order valence-corrected chi connectivity index (χ1v) is 8.73. The van der Waals surface area contributed by atoms with Crippen molar-refractivity contribution >= 4 is 23.1 Å². The molecule has 0 aliphatic carbocycles. The lowest BCUT2D eigenvalue weighted by Crippen LogP contribution is -2.14. The highest BCUT2D eigenvalue weighted by Crippen LogP contribution is 2.31. The highest BCUT2D eigenvalue weighted by molar-refractivity contribution is 6.06. The Bertz CT molecular complexity index is 1250. The Hall–Kier alpha value is -4.07. The number of nitrogens with one attached hydrogen (secondary N) is 1. The molecule has 7 nitrogen and oxygen atoms in total. The molecule has 0 bridgehead atoms. The summed E-state index contributed by atoms with van der Waals surface area (Å²) >= 11 is 0. The molecule has 29 heavy (non-hydrogen) atoms. The lowest BCUT2D eigenvalue weighted by atomic mass is 10.1. The summed E-state index contributed by atoms with van der Waals surface area (Å²) in [6.07, 6.45) is 1.79. The lowest BCUT2D eigenvalue weighted by Gasteiger charge is -2.09. The molecule has 0 aliphatic heterocycles. The lowest BCUT2D eigenvalue weighted by molar-refractivity contribution is -0.384. The molecular formula is C21H15FN4O3. The first-order valence-electron chi connectivity index (χ1n) is 8.73. The molecule has 0 saturated carbocycles. The van der Waals surface area contributed by atoms with Crippen LogP contribution in [0.5, 0.6) is 0 Å². The van der Waals surface area contributed by atoms with Gasteiger partial charge >= 0.3 is 0 Å². The second kappa shape index (κ2) is 7.16.